The summed E-state index contributed by atoms with van der Waals surface area (Å²) in [6, 6.07) is -0.679. The fourth-order valence-electron chi connectivity index (χ4n) is 2.00. The van der Waals surface area contributed by atoms with Crippen molar-refractivity contribution in [2.24, 2.45) is 11.8 Å². The average molecular weight is 310 g/mol. The van der Waals surface area contributed by atoms with Crippen molar-refractivity contribution in [2.75, 3.05) is 13.1 Å². The topological polar surface area (TPSA) is 86.7 Å². The van der Waals surface area contributed by atoms with Gasteiger partial charge >= 0.3 is 12.1 Å². The van der Waals surface area contributed by atoms with Gasteiger partial charge in [-0.25, -0.2) is 0 Å². The molecule has 0 aromatic heterocycles. The number of nitrogens with zero attached hydrogens (tertiary/aromatic N) is 1. The summed E-state index contributed by atoms with van der Waals surface area (Å²) in [5, 5.41) is 11.2. The predicted octanol–water partition coefficient (Wildman–Crippen LogP) is 0.623. The number of hydrogen-bond donors (Lipinski definition) is 2. The molecule has 6 nitrogen and oxygen atoms in total. The number of rotatable bonds is 5. The number of hydrogen-bond acceptors (Lipinski definition) is 3. The highest BCUT2D eigenvalue weighted by Gasteiger charge is 2.41. The van der Waals surface area contributed by atoms with E-state index >= 15 is 0 Å². The second-order valence-corrected chi connectivity index (χ2v) is 5.21. The highest BCUT2D eigenvalue weighted by atomic mass is 19.4. The average Bonchev–Trinajstić information content (AvgIpc) is 2.67. The van der Waals surface area contributed by atoms with E-state index in [1.54, 1.807) is 0 Å². The van der Waals surface area contributed by atoms with Gasteiger partial charge in [0.05, 0.1) is 11.8 Å². The summed E-state index contributed by atoms with van der Waals surface area (Å²) in [4.78, 5) is 34.7. The fourth-order valence-corrected chi connectivity index (χ4v) is 2.00. The molecule has 1 aliphatic heterocycles. The van der Waals surface area contributed by atoms with Crippen molar-refractivity contribution in [3.63, 3.8) is 0 Å². The van der Waals surface area contributed by atoms with Crippen LogP contribution < -0.4 is 5.32 Å². The van der Waals surface area contributed by atoms with E-state index in [1.807, 2.05) is 0 Å². The molecule has 1 fully saturated rings. The number of alkyl halides is 3. The van der Waals surface area contributed by atoms with Crippen LogP contribution in [0.15, 0.2) is 0 Å². The van der Waals surface area contributed by atoms with Crippen LogP contribution in [0.4, 0.5) is 13.2 Å². The molecular formula is C12H17F3N2O4. The highest BCUT2D eigenvalue weighted by Crippen LogP contribution is 2.24. The maximum absolute atomic E-state index is 12.3. The fraction of sp³-hybridized carbons (Fsp3) is 0.750. The molecule has 9 heteroatoms. The maximum atomic E-state index is 12.3. The van der Waals surface area contributed by atoms with Crippen LogP contribution in [0, 0.1) is 11.8 Å². The van der Waals surface area contributed by atoms with Gasteiger partial charge in [0.2, 0.25) is 11.8 Å². The Morgan fingerprint density at radius 1 is 1.43 bits per heavy atom. The summed E-state index contributed by atoms with van der Waals surface area (Å²) in [6.07, 6.45) is -4.80. The lowest BCUT2D eigenvalue weighted by atomic mass is 10.0. The molecule has 21 heavy (non-hydrogen) atoms. The number of carbonyl (C=O) groups excluding carboxylic acids is 2. The Balaban J connectivity index is 2.57. The third-order valence-corrected chi connectivity index (χ3v) is 3.46. The van der Waals surface area contributed by atoms with Crippen molar-refractivity contribution in [1.29, 1.82) is 0 Å². The largest absolute Gasteiger partial charge is 0.481 e. The zero-order valence-corrected chi connectivity index (χ0v) is 11.6. The number of amides is 2. The van der Waals surface area contributed by atoms with E-state index in [4.69, 9.17) is 5.11 Å². The van der Waals surface area contributed by atoms with E-state index in [-0.39, 0.29) is 13.0 Å². The summed E-state index contributed by atoms with van der Waals surface area (Å²) in [7, 11) is 0. The lowest BCUT2D eigenvalue weighted by molar-refractivity contribution is -0.157. The van der Waals surface area contributed by atoms with Gasteiger partial charge in [-0.15, -0.1) is 0 Å². The zero-order valence-electron chi connectivity index (χ0n) is 11.6. The van der Waals surface area contributed by atoms with Gasteiger partial charge < -0.3 is 15.3 Å². The summed E-state index contributed by atoms with van der Waals surface area (Å²) >= 11 is 0. The Morgan fingerprint density at radius 3 is 2.48 bits per heavy atom. The second kappa shape index (κ2) is 6.31. The van der Waals surface area contributed by atoms with Crippen LogP contribution in [0.1, 0.15) is 20.3 Å². The molecule has 2 amide bonds. The number of carboxylic acid groups (broad SMARTS) is 1. The molecule has 0 radical (unpaired) electrons. The van der Waals surface area contributed by atoms with E-state index in [0.29, 0.717) is 4.90 Å². The number of carboxylic acids is 1. The first-order chi connectivity index (χ1) is 9.51. The van der Waals surface area contributed by atoms with Crippen LogP contribution in [0.25, 0.3) is 0 Å². The Bertz CT molecular complexity index is 439. The van der Waals surface area contributed by atoms with Gasteiger partial charge in [-0.2, -0.15) is 13.2 Å². The number of likely N-dealkylation sites (tertiary alicyclic amines) is 1. The molecule has 1 aliphatic rings. The molecule has 0 aromatic rings. The minimum absolute atomic E-state index is 0.296. The van der Waals surface area contributed by atoms with Crippen molar-refractivity contribution in [3.05, 3.63) is 0 Å². The summed E-state index contributed by atoms with van der Waals surface area (Å²) in [6.45, 7) is 1.21. The molecular weight excluding hydrogens is 293 g/mol. The van der Waals surface area contributed by atoms with Crippen LogP contribution in [0.5, 0.6) is 0 Å². The molecule has 1 rings (SSSR count). The first kappa shape index (κ1) is 17.3. The lowest BCUT2D eigenvalue weighted by Crippen LogP contribution is -2.43. The van der Waals surface area contributed by atoms with Crippen molar-refractivity contribution < 1.29 is 32.7 Å². The molecule has 0 aromatic carbocycles. The molecule has 1 saturated heterocycles. The van der Waals surface area contributed by atoms with Gasteiger partial charge in [-0.05, 0) is 13.8 Å². The van der Waals surface area contributed by atoms with Gasteiger partial charge in [-0.1, -0.05) is 0 Å². The van der Waals surface area contributed by atoms with E-state index < -0.39 is 48.4 Å². The van der Waals surface area contributed by atoms with Crippen molar-refractivity contribution in [1.82, 2.24) is 10.2 Å². The van der Waals surface area contributed by atoms with Crippen LogP contribution in [0.3, 0.4) is 0 Å². The maximum Gasteiger partial charge on any atom is 0.406 e. The number of aliphatic carboxylic acids is 1. The van der Waals surface area contributed by atoms with Crippen LogP contribution in [0.2, 0.25) is 0 Å². The molecule has 0 aliphatic carbocycles. The number of carbonyl (C=O) groups is 3. The first-order valence-corrected chi connectivity index (χ1v) is 6.39. The molecule has 0 bridgehead atoms. The van der Waals surface area contributed by atoms with Crippen molar-refractivity contribution in [2.45, 2.75) is 32.5 Å². The van der Waals surface area contributed by atoms with Crippen LogP contribution >= 0.6 is 0 Å². The molecule has 0 spiro atoms. The molecule has 2 N–H and O–H groups in total. The number of nitrogens with one attached hydrogen (secondary N) is 1. The van der Waals surface area contributed by atoms with Gasteiger partial charge in [0.15, 0.2) is 0 Å². The van der Waals surface area contributed by atoms with E-state index in [2.05, 4.69) is 5.32 Å². The SMILES string of the molecule is CC(NC(=O)C1CC(=O)N(CC(F)(F)F)C1)C(C)C(=O)O. The van der Waals surface area contributed by atoms with Gasteiger partial charge in [0.25, 0.3) is 0 Å². The standard InChI is InChI=1S/C12H17F3N2O4/c1-6(11(20)21)7(2)16-10(19)8-3-9(18)17(4-8)5-12(13,14)15/h6-8H,3-5H2,1-2H3,(H,16,19)(H,20,21). The Labute approximate surface area is 119 Å². The molecule has 120 valence electrons. The molecule has 3 atom stereocenters. The Morgan fingerprint density at radius 2 is 2.00 bits per heavy atom. The second-order valence-electron chi connectivity index (χ2n) is 5.21. The zero-order chi connectivity index (χ0) is 16.4. The van der Waals surface area contributed by atoms with E-state index in [1.165, 1.54) is 13.8 Å². The van der Waals surface area contributed by atoms with Gasteiger partial charge in [0.1, 0.15) is 6.54 Å². The van der Waals surface area contributed by atoms with Crippen molar-refractivity contribution in [3.8, 4) is 0 Å². The Kier molecular flexibility index (Phi) is 5.19. The van der Waals surface area contributed by atoms with Crippen LogP contribution in [-0.4, -0.2) is 53.1 Å². The minimum atomic E-state index is -4.51. The highest BCUT2D eigenvalue weighted by molar-refractivity contribution is 5.89. The monoisotopic (exact) mass is 310 g/mol. The van der Waals surface area contributed by atoms with E-state index in [0.717, 1.165) is 0 Å². The first-order valence-electron chi connectivity index (χ1n) is 6.39. The Hall–Kier alpha value is -1.80. The quantitative estimate of drug-likeness (QED) is 0.779. The molecule has 0 saturated carbocycles. The third-order valence-electron chi connectivity index (χ3n) is 3.46. The molecule has 1 heterocycles. The van der Waals surface area contributed by atoms with Crippen LogP contribution in [-0.2, 0) is 14.4 Å². The smallest absolute Gasteiger partial charge is 0.406 e. The third kappa shape index (κ3) is 4.91. The number of halogens is 3. The van der Waals surface area contributed by atoms with E-state index in [9.17, 15) is 27.6 Å². The lowest BCUT2D eigenvalue weighted by Gasteiger charge is -2.21. The summed E-state index contributed by atoms with van der Waals surface area (Å²) < 4.78 is 36.8. The van der Waals surface area contributed by atoms with Gasteiger partial charge in [0, 0.05) is 19.0 Å². The normalized spacial score (nSPS) is 22.0. The van der Waals surface area contributed by atoms with Gasteiger partial charge in [-0.3, -0.25) is 14.4 Å². The summed E-state index contributed by atoms with van der Waals surface area (Å²) in [5.41, 5.74) is 0. The van der Waals surface area contributed by atoms with Crippen molar-refractivity contribution >= 4 is 17.8 Å². The molecule has 3 unspecified atom stereocenters. The minimum Gasteiger partial charge on any atom is -0.481 e. The predicted molar refractivity (Wildman–Crippen MR) is 65.1 cm³/mol. The summed E-state index contributed by atoms with van der Waals surface area (Å²) in [5.74, 6) is -4.15.